The van der Waals surface area contributed by atoms with Crippen LogP contribution in [0.15, 0.2) is 59.0 Å². The minimum Gasteiger partial charge on any atom is -0.452 e. The van der Waals surface area contributed by atoms with Gasteiger partial charge in [0.15, 0.2) is 17.6 Å². The van der Waals surface area contributed by atoms with Crippen LogP contribution in [0.2, 0.25) is 25.7 Å². The highest BCUT2D eigenvalue weighted by Crippen LogP contribution is 2.37. The van der Waals surface area contributed by atoms with Crippen molar-refractivity contribution in [3.8, 4) is 28.4 Å². The summed E-state index contributed by atoms with van der Waals surface area (Å²) < 4.78 is 81.2. The van der Waals surface area contributed by atoms with Gasteiger partial charge in [-0.15, -0.1) is 0 Å². The first-order valence-electron chi connectivity index (χ1n) is 16.0. The Labute approximate surface area is 275 Å². The van der Waals surface area contributed by atoms with Crippen LogP contribution in [0, 0.1) is 5.82 Å². The third-order valence-corrected chi connectivity index (χ3v) is 12.4. The van der Waals surface area contributed by atoms with Crippen LogP contribution in [-0.4, -0.2) is 69.7 Å². The number of fused-ring (bicyclic) bond motifs is 1. The van der Waals surface area contributed by atoms with Crippen molar-refractivity contribution in [3.05, 3.63) is 60.4 Å². The van der Waals surface area contributed by atoms with Crippen LogP contribution in [-0.2, 0) is 25.9 Å². The summed E-state index contributed by atoms with van der Waals surface area (Å²) in [7, 11) is -3.64. The third-order valence-electron chi connectivity index (χ3n) is 8.34. The number of benzene rings is 2. The molecule has 0 spiro atoms. The van der Waals surface area contributed by atoms with Gasteiger partial charge in [0.2, 0.25) is 0 Å². The zero-order chi connectivity index (χ0) is 34.0. The second-order valence-corrected chi connectivity index (χ2v) is 21.4. The van der Waals surface area contributed by atoms with Crippen molar-refractivity contribution in [2.45, 2.75) is 77.7 Å². The molecule has 47 heavy (non-hydrogen) atoms. The zero-order valence-electron chi connectivity index (χ0n) is 27.8. The lowest BCUT2D eigenvalue weighted by Gasteiger charge is -2.22. The molecule has 254 valence electrons. The number of halogens is 3. The average molecular weight is 689 g/mol. The van der Waals surface area contributed by atoms with Crippen LogP contribution in [0.25, 0.3) is 33.5 Å². The summed E-state index contributed by atoms with van der Waals surface area (Å²) in [5.74, 6) is -2.82. The number of pyridine rings is 1. The van der Waals surface area contributed by atoms with Gasteiger partial charge in [-0.2, -0.15) is 18.1 Å². The molecule has 13 heteroatoms. The smallest absolute Gasteiger partial charge is 0.311 e. The second-order valence-electron chi connectivity index (χ2n) is 12.9. The SMILES string of the molecule is CC[C@H]1OC[C@@H](Oc2nc3nc(-c4ccc(-c5ccc(N=S(=O)(CC)CC)cc5)cc4)c(F)cc3n2COCC[Si](C)(C)C)C1(F)F. The van der Waals surface area contributed by atoms with E-state index in [-0.39, 0.29) is 42.6 Å². The minimum absolute atomic E-state index is 0.0537. The van der Waals surface area contributed by atoms with Gasteiger partial charge < -0.3 is 14.2 Å². The molecular formula is C34H43F3N4O4SSi. The molecule has 8 nitrogen and oxygen atoms in total. The molecule has 1 fully saturated rings. The number of nitrogens with zero attached hydrogens (tertiary/aromatic N) is 4. The van der Waals surface area contributed by atoms with Gasteiger partial charge >= 0.3 is 11.9 Å². The largest absolute Gasteiger partial charge is 0.452 e. The summed E-state index contributed by atoms with van der Waals surface area (Å²) in [5.41, 5.74) is 3.51. The molecule has 2 atom stereocenters. The molecule has 0 unspecified atom stereocenters. The molecule has 2 aromatic heterocycles. The van der Waals surface area contributed by atoms with Crippen LogP contribution >= 0.6 is 0 Å². The molecule has 1 saturated heterocycles. The molecule has 0 saturated carbocycles. The monoisotopic (exact) mass is 688 g/mol. The Bertz CT molecular complexity index is 1810. The average Bonchev–Trinajstić information content (AvgIpc) is 3.52. The predicted octanol–water partition coefficient (Wildman–Crippen LogP) is 8.55. The fourth-order valence-electron chi connectivity index (χ4n) is 5.28. The fourth-order valence-corrected chi connectivity index (χ4v) is 7.21. The molecule has 0 aliphatic carbocycles. The summed E-state index contributed by atoms with van der Waals surface area (Å²) in [4.78, 5) is 8.94. The lowest BCUT2D eigenvalue weighted by atomic mass is 10.0. The van der Waals surface area contributed by atoms with Crippen molar-refractivity contribution >= 4 is 34.7 Å². The Morgan fingerprint density at radius 2 is 1.62 bits per heavy atom. The fraction of sp³-hybridized carbons (Fsp3) is 0.471. The quantitative estimate of drug-likeness (QED) is 0.103. The maximum Gasteiger partial charge on any atom is 0.311 e. The lowest BCUT2D eigenvalue weighted by molar-refractivity contribution is -0.107. The van der Waals surface area contributed by atoms with Gasteiger partial charge in [0.05, 0.1) is 27.5 Å². The molecule has 1 aliphatic rings. The highest BCUT2D eigenvalue weighted by Gasteiger charge is 2.55. The van der Waals surface area contributed by atoms with Gasteiger partial charge in [-0.3, -0.25) is 4.57 Å². The van der Waals surface area contributed by atoms with E-state index in [0.29, 0.717) is 29.4 Å². The number of imidazole rings is 1. The first kappa shape index (κ1) is 35.1. The number of hydrogen-bond acceptors (Lipinski definition) is 7. The first-order valence-corrected chi connectivity index (χ1v) is 21.6. The summed E-state index contributed by atoms with van der Waals surface area (Å²) >= 11 is 0. The number of hydrogen-bond donors (Lipinski definition) is 0. The molecule has 0 radical (unpaired) electrons. The van der Waals surface area contributed by atoms with Gasteiger partial charge in [-0.25, -0.2) is 13.6 Å². The van der Waals surface area contributed by atoms with Crippen molar-refractivity contribution < 1.29 is 31.6 Å². The van der Waals surface area contributed by atoms with E-state index in [9.17, 15) is 13.0 Å². The Kier molecular flexibility index (Phi) is 10.5. The number of alkyl halides is 2. The van der Waals surface area contributed by atoms with E-state index in [2.05, 4.69) is 34.0 Å². The summed E-state index contributed by atoms with van der Waals surface area (Å²) in [6, 6.07) is 16.8. The van der Waals surface area contributed by atoms with E-state index in [0.717, 1.165) is 17.2 Å². The highest BCUT2D eigenvalue weighted by molar-refractivity contribution is 7.93. The van der Waals surface area contributed by atoms with Gasteiger partial charge in [0.1, 0.15) is 18.5 Å². The van der Waals surface area contributed by atoms with E-state index in [1.165, 1.54) is 10.6 Å². The van der Waals surface area contributed by atoms with Crippen molar-refractivity contribution in [2.24, 2.45) is 4.36 Å². The van der Waals surface area contributed by atoms with Gasteiger partial charge in [0, 0.05) is 37.8 Å². The summed E-state index contributed by atoms with van der Waals surface area (Å²) in [5, 5.41) is 0. The topological polar surface area (TPSA) is 87.8 Å². The van der Waals surface area contributed by atoms with Gasteiger partial charge in [-0.1, -0.05) is 76.8 Å². The van der Waals surface area contributed by atoms with Crippen LogP contribution in [0.3, 0.4) is 0 Å². The number of rotatable bonds is 13. The van der Waals surface area contributed by atoms with Crippen molar-refractivity contribution in [1.29, 1.82) is 0 Å². The molecule has 2 aromatic carbocycles. The Morgan fingerprint density at radius 3 is 2.19 bits per heavy atom. The minimum atomic E-state index is -3.22. The number of aromatic nitrogens is 3. The van der Waals surface area contributed by atoms with Crippen molar-refractivity contribution in [1.82, 2.24) is 14.5 Å². The molecule has 0 N–H and O–H groups in total. The van der Waals surface area contributed by atoms with Crippen molar-refractivity contribution in [3.63, 3.8) is 0 Å². The number of ether oxygens (including phenoxy) is 3. The maximum absolute atomic E-state index is 15.7. The molecule has 4 aromatic rings. The van der Waals surface area contributed by atoms with Gasteiger partial charge in [0.25, 0.3) is 0 Å². The van der Waals surface area contributed by atoms with E-state index in [1.807, 2.05) is 50.2 Å². The summed E-state index contributed by atoms with van der Waals surface area (Å²) in [6.07, 6.45) is -2.66. The molecular weight excluding hydrogens is 646 g/mol. The Hall–Kier alpha value is -3.26. The lowest BCUT2D eigenvalue weighted by Crippen LogP contribution is -2.41. The highest BCUT2D eigenvalue weighted by atomic mass is 32.2. The molecule has 5 rings (SSSR count). The molecule has 3 heterocycles. The molecule has 1 aliphatic heterocycles. The Balaban J connectivity index is 1.43. The second kappa shape index (κ2) is 14.1. The van der Waals surface area contributed by atoms with Crippen LogP contribution in [0.4, 0.5) is 18.9 Å². The van der Waals surface area contributed by atoms with E-state index in [1.54, 1.807) is 19.1 Å². The van der Waals surface area contributed by atoms with E-state index < -0.39 is 41.8 Å². The predicted molar refractivity (Wildman–Crippen MR) is 183 cm³/mol. The van der Waals surface area contributed by atoms with Crippen LogP contribution < -0.4 is 4.74 Å². The van der Waals surface area contributed by atoms with E-state index >= 15 is 4.39 Å². The Morgan fingerprint density at radius 1 is 1.00 bits per heavy atom. The van der Waals surface area contributed by atoms with Crippen LogP contribution in [0.1, 0.15) is 27.2 Å². The molecule has 0 bridgehead atoms. The standard InChI is InChI=1S/C34H43F3N4O4SSi/c1-7-29-34(36,37)30(21-44-29)45-33-39-32-28(41(33)22-43-18-19-47(4,5)6)20-27(35)31(38-32)25-12-10-23(11-13-25)24-14-16-26(17-15-24)40-46(42,8-2)9-3/h10-17,20,29-30H,7-9,18-19,21-22H2,1-6H3/t29-,30-/m1/s1. The zero-order valence-corrected chi connectivity index (χ0v) is 29.6. The van der Waals surface area contributed by atoms with Crippen molar-refractivity contribution in [2.75, 3.05) is 24.7 Å². The first-order chi connectivity index (χ1) is 22.3. The summed E-state index contributed by atoms with van der Waals surface area (Å²) in [6.45, 7) is 12.2. The third kappa shape index (κ3) is 7.90. The van der Waals surface area contributed by atoms with Crippen LogP contribution in [0.5, 0.6) is 6.01 Å². The normalized spacial score (nSPS) is 18.1. The maximum atomic E-state index is 15.7. The van der Waals surface area contributed by atoms with Gasteiger partial charge in [-0.05, 0) is 35.7 Å². The van der Waals surface area contributed by atoms with E-state index in [4.69, 9.17) is 14.2 Å². The molecule has 0 amide bonds.